The Bertz CT molecular complexity index is 907. The van der Waals surface area contributed by atoms with Crippen LogP contribution in [0.1, 0.15) is 37.7 Å². The molecule has 0 bridgehead atoms. The summed E-state index contributed by atoms with van der Waals surface area (Å²) in [5, 5.41) is 0. The van der Waals surface area contributed by atoms with E-state index in [-0.39, 0.29) is 0 Å². The SMILES string of the molecule is c1ccc(Cn2cnc3c(N4CCCC4)nc(N4CCCCC4)nc32)cc1. The maximum atomic E-state index is 4.99. The van der Waals surface area contributed by atoms with Gasteiger partial charge in [0.05, 0.1) is 12.9 Å². The molecule has 0 saturated carbocycles. The number of rotatable bonds is 4. The molecule has 1 aromatic carbocycles. The number of imidazole rings is 1. The van der Waals surface area contributed by atoms with Crippen LogP contribution >= 0.6 is 0 Å². The van der Waals surface area contributed by atoms with Crippen molar-refractivity contribution in [3.05, 3.63) is 42.2 Å². The van der Waals surface area contributed by atoms with E-state index in [1.807, 2.05) is 6.33 Å². The van der Waals surface area contributed by atoms with E-state index in [0.29, 0.717) is 0 Å². The number of fused-ring (bicyclic) bond motifs is 1. The van der Waals surface area contributed by atoms with Gasteiger partial charge in [0.15, 0.2) is 17.0 Å². The second-order valence-corrected chi connectivity index (χ2v) is 7.62. The Morgan fingerprint density at radius 2 is 1.48 bits per heavy atom. The first kappa shape index (κ1) is 16.5. The van der Waals surface area contributed by atoms with Crippen molar-refractivity contribution >= 4 is 22.9 Å². The Morgan fingerprint density at radius 1 is 0.778 bits per heavy atom. The molecule has 2 saturated heterocycles. The molecule has 0 spiro atoms. The number of nitrogens with zero attached hydrogens (tertiary/aromatic N) is 6. The monoisotopic (exact) mass is 362 g/mol. The predicted molar refractivity (Wildman–Crippen MR) is 108 cm³/mol. The average molecular weight is 362 g/mol. The third kappa shape index (κ3) is 3.24. The van der Waals surface area contributed by atoms with Gasteiger partial charge in [-0.25, -0.2) is 4.98 Å². The molecule has 6 nitrogen and oxygen atoms in total. The first-order chi connectivity index (χ1) is 13.4. The van der Waals surface area contributed by atoms with Crippen molar-refractivity contribution in [2.75, 3.05) is 36.0 Å². The zero-order valence-corrected chi connectivity index (χ0v) is 15.7. The summed E-state index contributed by atoms with van der Waals surface area (Å²) in [5.74, 6) is 1.89. The van der Waals surface area contributed by atoms with E-state index >= 15 is 0 Å². The third-order valence-electron chi connectivity index (χ3n) is 5.67. The summed E-state index contributed by atoms with van der Waals surface area (Å²) in [6.07, 6.45) is 8.15. The summed E-state index contributed by atoms with van der Waals surface area (Å²) in [5.41, 5.74) is 3.16. The quantitative estimate of drug-likeness (QED) is 0.711. The minimum Gasteiger partial charge on any atom is -0.355 e. The summed E-state index contributed by atoms with van der Waals surface area (Å²) >= 11 is 0. The van der Waals surface area contributed by atoms with Gasteiger partial charge in [0.1, 0.15) is 0 Å². The Labute approximate surface area is 159 Å². The van der Waals surface area contributed by atoms with Crippen LogP contribution in [0.3, 0.4) is 0 Å². The molecular weight excluding hydrogens is 336 g/mol. The molecule has 0 radical (unpaired) electrons. The van der Waals surface area contributed by atoms with E-state index < -0.39 is 0 Å². The van der Waals surface area contributed by atoms with E-state index in [0.717, 1.165) is 55.7 Å². The Morgan fingerprint density at radius 3 is 2.26 bits per heavy atom. The fraction of sp³-hybridized carbons (Fsp3) is 0.476. The number of hydrogen-bond donors (Lipinski definition) is 0. The lowest BCUT2D eigenvalue weighted by molar-refractivity contribution is 0.568. The maximum Gasteiger partial charge on any atom is 0.229 e. The maximum absolute atomic E-state index is 4.99. The van der Waals surface area contributed by atoms with Crippen molar-refractivity contribution in [2.24, 2.45) is 0 Å². The normalized spacial score (nSPS) is 17.8. The highest BCUT2D eigenvalue weighted by atomic mass is 15.3. The molecule has 0 aliphatic carbocycles. The van der Waals surface area contributed by atoms with Crippen LogP contribution in [-0.2, 0) is 6.54 Å². The highest BCUT2D eigenvalue weighted by Crippen LogP contribution is 2.29. The van der Waals surface area contributed by atoms with Crippen LogP contribution in [0.15, 0.2) is 36.7 Å². The molecule has 2 aromatic heterocycles. The molecule has 5 rings (SSSR count). The van der Waals surface area contributed by atoms with Gasteiger partial charge < -0.3 is 14.4 Å². The van der Waals surface area contributed by atoms with Gasteiger partial charge in [-0.05, 0) is 37.7 Å². The first-order valence-corrected chi connectivity index (χ1v) is 10.2. The van der Waals surface area contributed by atoms with Crippen LogP contribution < -0.4 is 9.80 Å². The van der Waals surface area contributed by atoms with Gasteiger partial charge in [-0.3, -0.25) is 0 Å². The highest BCUT2D eigenvalue weighted by Gasteiger charge is 2.23. The first-order valence-electron chi connectivity index (χ1n) is 10.2. The van der Waals surface area contributed by atoms with Gasteiger partial charge >= 0.3 is 0 Å². The van der Waals surface area contributed by atoms with Crippen LogP contribution in [0.2, 0.25) is 0 Å². The second-order valence-electron chi connectivity index (χ2n) is 7.62. The molecule has 0 N–H and O–H groups in total. The van der Waals surface area contributed by atoms with Crippen LogP contribution in [0, 0.1) is 0 Å². The van der Waals surface area contributed by atoms with Crippen molar-refractivity contribution in [2.45, 2.75) is 38.6 Å². The van der Waals surface area contributed by atoms with E-state index in [1.165, 1.54) is 37.7 Å². The van der Waals surface area contributed by atoms with Crippen molar-refractivity contribution < 1.29 is 0 Å². The van der Waals surface area contributed by atoms with Gasteiger partial charge in [-0.2, -0.15) is 9.97 Å². The summed E-state index contributed by atoms with van der Waals surface area (Å²) < 4.78 is 2.17. The van der Waals surface area contributed by atoms with Crippen LogP contribution in [0.4, 0.5) is 11.8 Å². The highest BCUT2D eigenvalue weighted by molar-refractivity contribution is 5.85. The average Bonchev–Trinajstić information content (AvgIpc) is 3.39. The summed E-state index contributed by atoms with van der Waals surface area (Å²) in [6, 6.07) is 10.5. The molecule has 0 unspecified atom stereocenters. The molecule has 3 aromatic rings. The molecule has 2 aliphatic heterocycles. The van der Waals surface area contributed by atoms with Crippen molar-refractivity contribution in [3.8, 4) is 0 Å². The van der Waals surface area contributed by atoms with Crippen molar-refractivity contribution in [3.63, 3.8) is 0 Å². The summed E-state index contributed by atoms with van der Waals surface area (Å²) in [4.78, 5) is 19.4. The molecule has 4 heterocycles. The summed E-state index contributed by atoms with van der Waals surface area (Å²) in [7, 11) is 0. The molecule has 0 atom stereocenters. The molecule has 140 valence electrons. The number of aromatic nitrogens is 4. The lowest BCUT2D eigenvalue weighted by Crippen LogP contribution is -2.32. The minimum atomic E-state index is 0.785. The Kier molecular flexibility index (Phi) is 4.40. The van der Waals surface area contributed by atoms with Crippen LogP contribution in [-0.4, -0.2) is 45.7 Å². The zero-order chi connectivity index (χ0) is 18.1. The van der Waals surface area contributed by atoms with E-state index in [9.17, 15) is 0 Å². The number of piperidine rings is 1. The number of anilines is 2. The van der Waals surface area contributed by atoms with Gasteiger partial charge in [0, 0.05) is 26.2 Å². The van der Waals surface area contributed by atoms with Gasteiger partial charge in [0.25, 0.3) is 0 Å². The minimum absolute atomic E-state index is 0.785. The molecule has 6 heteroatoms. The van der Waals surface area contributed by atoms with Gasteiger partial charge in [0.2, 0.25) is 5.95 Å². The fourth-order valence-corrected chi connectivity index (χ4v) is 4.20. The molecule has 27 heavy (non-hydrogen) atoms. The molecular formula is C21H26N6. The second kappa shape index (κ2) is 7.18. The van der Waals surface area contributed by atoms with Crippen molar-refractivity contribution in [1.82, 2.24) is 19.5 Å². The van der Waals surface area contributed by atoms with Crippen molar-refractivity contribution in [1.29, 1.82) is 0 Å². The Hall–Kier alpha value is -2.63. The van der Waals surface area contributed by atoms with E-state index in [2.05, 4.69) is 44.7 Å². The standard InChI is InChI=1S/C21H26N6/c1-3-9-17(10-4-1)15-27-16-22-18-19(25-11-7-8-12-25)23-21(24-20(18)27)26-13-5-2-6-14-26/h1,3-4,9-10,16H,2,5-8,11-15H2. The molecule has 2 fully saturated rings. The lowest BCUT2D eigenvalue weighted by Gasteiger charge is -2.28. The smallest absolute Gasteiger partial charge is 0.229 e. The Balaban J connectivity index is 1.59. The van der Waals surface area contributed by atoms with Gasteiger partial charge in [-0.1, -0.05) is 30.3 Å². The third-order valence-corrected chi connectivity index (χ3v) is 5.67. The van der Waals surface area contributed by atoms with Crippen LogP contribution in [0.5, 0.6) is 0 Å². The largest absolute Gasteiger partial charge is 0.355 e. The fourth-order valence-electron chi connectivity index (χ4n) is 4.20. The lowest BCUT2D eigenvalue weighted by atomic mass is 10.1. The van der Waals surface area contributed by atoms with Gasteiger partial charge in [-0.15, -0.1) is 0 Å². The molecule has 0 amide bonds. The van der Waals surface area contributed by atoms with Crippen LogP contribution in [0.25, 0.3) is 11.2 Å². The topological polar surface area (TPSA) is 50.1 Å². The number of benzene rings is 1. The van der Waals surface area contributed by atoms with E-state index in [1.54, 1.807) is 0 Å². The van der Waals surface area contributed by atoms with E-state index in [4.69, 9.17) is 15.0 Å². The summed E-state index contributed by atoms with van der Waals surface area (Å²) in [6.45, 7) is 5.02. The predicted octanol–water partition coefficient (Wildman–Crippen LogP) is 3.47. The molecule has 2 aliphatic rings. The zero-order valence-electron chi connectivity index (χ0n) is 15.7. The number of hydrogen-bond acceptors (Lipinski definition) is 5.